The summed E-state index contributed by atoms with van der Waals surface area (Å²) in [5, 5.41) is 1.42. The van der Waals surface area contributed by atoms with E-state index in [2.05, 4.69) is 71.0 Å². The number of morpholine rings is 1. The molecular formula is C23H28N2O. The number of aryl methyl sites for hydroxylation is 1. The minimum Gasteiger partial charge on any atom is -0.379 e. The highest BCUT2D eigenvalue weighted by molar-refractivity contribution is 5.85. The molecule has 1 aromatic heterocycles. The molecule has 0 saturated carbocycles. The number of fused-ring (bicyclic) bond motifs is 1. The van der Waals surface area contributed by atoms with Crippen molar-refractivity contribution in [2.24, 2.45) is 0 Å². The molecule has 1 aliphatic rings. The van der Waals surface area contributed by atoms with Crippen molar-refractivity contribution in [1.29, 1.82) is 0 Å². The third-order valence-corrected chi connectivity index (χ3v) is 5.55. The number of nitrogens with zero attached hydrogens (tertiary/aromatic N) is 2. The van der Waals surface area contributed by atoms with E-state index in [-0.39, 0.29) is 0 Å². The van der Waals surface area contributed by atoms with Crippen LogP contribution >= 0.6 is 0 Å². The van der Waals surface area contributed by atoms with Crippen LogP contribution in [0.4, 0.5) is 0 Å². The van der Waals surface area contributed by atoms with E-state index in [1.54, 1.807) is 0 Å². The van der Waals surface area contributed by atoms with Gasteiger partial charge in [-0.2, -0.15) is 0 Å². The average Bonchev–Trinajstić information content (AvgIpc) is 2.96. The Kier molecular flexibility index (Phi) is 5.37. The molecule has 0 unspecified atom stereocenters. The lowest BCUT2D eigenvalue weighted by atomic mass is 10.1. The quantitative estimate of drug-likeness (QED) is 0.662. The second kappa shape index (κ2) is 8.07. The molecule has 136 valence electrons. The third-order valence-electron chi connectivity index (χ3n) is 5.55. The molecule has 0 amide bonds. The van der Waals surface area contributed by atoms with Crippen LogP contribution in [-0.2, 0) is 17.7 Å². The van der Waals surface area contributed by atoms with Gasteiger partial charge in [0.25, 0.3) is 0 Å². The number of aromatic nitrogens is 1. The molecule has 3 heteroatoms. The van der Waals surface area contributed by atoms with Crippen molar-refractivity contribution in [1.82, 2.24) is 9.47 Å². The van der Waals surface area contributed by atoms with Gasteiger partial charge < -0.3 is 9.30 Å². The first-order chi connectivity index (χ1) is 12.8. The molecular weight excluding hydrogens is 320 g/mol. The standard InChI is InChI=1S/C23H28N2O/c1-19-21(11-7-13-24-14-16-26-17-15-24)22-10-5-6-12-23(22)25(19)18-20-8-3-2-4-9-20/h2-6,8-10,12H,7,11,13-18H2,1H3. The summed E-state index contributed by atoms with van der Waals surface area (Å²) in [5.74, 6) is 0. The molecule has 0 atom stereocenters. The predicted octanol–water partition coefficient (Wildman–Crippen LogP) is 4.26. The van der Waals surface area contributed by atoms with Crippen molar-refractivity contribution < 1.29 is 4.74 Å². The second-order valence-corrected chi connectivity index (χ2v) is 7.21. The Labute approximate surface area is 156 Å². The van der Waals surface area contributed by atoms with Crippen molar-refractivity contribution >= 4 is 10.9 Å². The highest BCUT2D eigenvalue weighted by Crippen LogP contribution is 2.28. The Morgan fingerprint density at radius 2 is 1.65 bits per heavy atom. The van der Waals surface area contributed by atoms with Crippen LogP contribution in [0.2, 0.25) is 0 Å². The molecule has 2 heterocycles. The van der Waals surface area contributed by atoms with Crippen LogP contribution in [-0.4, -0.2) is 42.3 Å². The summed E-state index contributed by atoms with van der Waals surface area (Å²) in [4.78, 5) is 2.53. The van der Waals surface area contributed by atoms with Crippen LogP contribution in [0.1, 0.15) is 23.2 Å². The molecule has 1 fully saturated rings. The zero-order valence-electron chi connectivity index (χ0n) is 15.7. The summed E-state index contributed by atoms with van der Waals surface area (Å²) in [7, 11) is 0. The average molecular weight is 348 g/mol. The first-order valence-electron chi connectivity index (χ1n) is 9.73. The van der Waals surface area contributed by atoms with Gasteiger partial charge in [-0.05, 0) is 43.5 Å². The number of hydrogen-bond donors (Lipinski definition) is 0. The van der Waals surface area contributed by atoms with Crippen molar-refractivity contribution in [3.05, 3.63) is 71.4 Å². The summed E-state index contributed by atoms with van der Waals surface area (Å²) >= 11 is 0. The zero-order chi connectivity index (χ0) is 17.8. The second-order valence-electron chi connectivity index (χ2n) is 7.21. The fraction of sp³-hybridized carbons (Fsp3) is 0.391. The lowest BCUT2D eigenvalue weighted by Gasteiger charge is -2.26. The van der Waals surface area contributed by atoms with Crippen LogP contribution in [0.15, 0.2) is 54.6 Å². The molecule has 1 aliphatic heterocycles. The summed E-state index contributed by atoms with van der Waals surface area (Å²) in [5.41, 5.74) is 5.65. The molecule has 4 rings (SSSR count). The lowest BCUT2D eigenvalue weighted by Crippen LogP contribution is -2.36. The van der Waals surface area contributed by atoms with E-state index in [9.17, 15) is 0 Å². The number of para-hydroxylation sites is 1. The Bertz CT molecular complexity index is 847. The Hall–Kier alpha value is -2.10. The third kappa shape index (κ3) is 3.69. The van der Waals surface area contributed by atoms with E-state index in [0.717, 1.165) is 39.3 Å². The van der Waals surface area contributed by atoms with Gasteiger partial charge in [0.1, 0.15) is 0 Å². The maximum atomic E-state index is 5.46. The molecule has 3 nitrogen and oxygen atoms in total. The van der Waals surface area contributed by atoms with Gasteiger partial charge in [0, 0.05) is 36.2 Å². The van der Waals surface area contributed by atoms with Crippen LogP contribution < -0.4 is 0 Å². The first-order valence-corrected chi connectivity index (χ1v) is 9.73. The molecule has 3 aromatic rings. The van der Waals surface area contributed by atoms with Gasteiger partial charge in [-0.1, -0.05) is 48.5 Å². The molecule has 0 radical (unpaired) electrons. The van der Waals surface area contributed by atoms with Crippen LogP contribution in [0.3, 0.4) is 0 Å². The summed E-state index contributed by atoms with van der Waals surface area (Å²) < 4.78 is 7.94. The predicted molar refractivity (Wildman–Crippen MR) is 108 cm³/mol. The van der Waals surface area contributed by atoms with Gasteiger partial charge in [0.05, 0.1) is 13.2 Å². The van der Waals surface area contributed by atoms with E-state index in [1.165, 1.54) is 40.7 Å². The van der Waals surface area contributed by atoms with Gasteiger partial charge >= 0.3 is 0 Å². The smallest absolute Gasteiger partial charge is 0.0594 e. The van der Waals surface area contributed by atoms with Crippen LogP contribution in [0.25, 0.3) is 10.9 Å². The van der Waals surface area contributed by atoms with Gasteiger partial charge in [-0.3, -0.25) is 4.90 Å². The van der Waals surface area contributed by atoms with Gasteiger partial charge in [0.2, 0.25) is 0 Å². The normalized spacial score (nSPS) is 15.6. The minimum absolute atomic E-state index is 0.884. The van der Waals surface area contributed by atoms with Gasteiger partial charge in [-0.25, -0.2) is 0 Å². The van der Waals surface area contributed by atoms with Crippen molar-refractivity contribution in [3.8, 4) is 0 Å². The molecule has 0 aliphatic carbocycles. The highest BCUT2D eigenvalue weighted by Gasteiger charge is 2.15. The topological polar surface area (TPSA) is 17.4 Å². The van der Waals surface area contributed by atoms with E-state index >= 15 is 0 Å². The lowest BCUT2D eigenvalue weighted by molar-refractivity contribution is 0.0375. The molecule has 26 heavy (non-hydrogen) atoms. The maximum absolute atomic E-state index is 5.46. The monoisotopic (exact) mass is 348 g/mol. The molecule has 0 N–H and O–H groups in total. The summed E-state index contributed by atoms with van der Waals surface area (Å²) in [6.45, 7) is 8.32. The van der Waals surface area contributed by atoms with Crippen molar-refractivity contribution in [2.45, 2.75) is 26.3 Å². The van der Waals surface area contributed by atoms with Crippen molar-refractivity contribution in [3.63, 3.8) is 0 Å². The fourth-order valence-corrected chi connectivity index (χ4v) is 4.09. The number of rotatable bonds is 6. The van der Waals surface area contributed by atoms with E-state index in [1.807, 2.05) is 0 Å². The SMILES string of the molecule is Cc1c(CCCN2CCOCC2)c2ccccc2n1Cc1ccccc1. The Morgan fingerprint density at radius 1 is 0.923 bits per heavy atom. The highest BCUT2D eigenvalue weighted by atomic mass is 16.5. The molecule has 0 spiro atoms. The van der Waals surface area contributed by atoms with Gasteiger partial charge in [-0.15, -0.1) is 0 Å². The van der Waals surface area contributed by atoms with Crippen LogP contribution in [0, 0.1) is 6.92 Å². The van der Waals surface area contributed by atoms with E-state index < -0.39 is 0 Å². The number of ether oxygens (including phenoxy) is 1. The molecule has 0 bridgehead atoms. The zero-order valence-corrected chi connectivity index (χ0v) is 15.7. The van der Waals surface area contributed by atoms with Crippen LogP contribution in [0.5, 0.6) is 0 Å². The maximum Gasteiger partial charge on any atom is 0.0594 e. The fourth-order valence-electron chi connectivity index (χ4n) is 4.09. The molecule has 1 saturated heterocycles. The Morgan fingerprint density at radius 3 is 2.46 bits per heavy atom. The van der Waals surface area contributed by atoms with Crippen molar-refractivity contribution in [2.75, 3.05) is 32.8 Å². The van der Waals surface area contributed by atoms with E-state index in [0.29, 0.717) is 0 Å². The largest absolute Gasteiger partial charge is 0.379 e. The number of hydrogen-bond acceptors (Lipinski definition) is 2. The first kappa shape index (κ1) is 17.3. The number of benzene rings is 2. The minimum atomic E-state index is 0.884. The summed E-state index contributed by atoms with van der Waals surface area (Å²) in [6.07, 6.45) is 2.35. The Balaban J connectivity index is 1.55. The van der Waals surface area contributed by atoms with Gasteiger partial charge in [0.15, 0.2) is 0 Å². The molecule has 2 aromatic carbocycles. The van der Waals surface area contributed by atoms with E-state index in [4.69, 9.17) is 4.74 Å². The summed E-state index contributed by atoms with van der Waals surface area (Å²) in [6, 6.07) is 19.6.